The number of amides is 1. The molecule has 0 aliphatic carbocycles. The number of carbonyl (C=O) groups is 2. The smallest absolute Gasteiger partial charge is 0.308 e. The van der Waals surface area contributed by atoms with Gasteiger partial charge in [0.25, 0.3) is 0 Å². The Hall–Kier alpha value is -1.92. The first-order chi connectivity index (χ1) is 12.0. The second-order valence-corrected chi connectivity index (χ2v) is 6.80. The maximum atomic E-state index is 12.4. The highest BCUT2D eigenvalue weighted by Crippen LogP contribution is 2.25. The van der Waals surface area contributed by atoms with Crippen LogP contribution in [-0.2, 0) is 20.9 Å². The number of rotatable bonds is 9. The lowest BCUT2D eigenvalue weighted by Gasteiger charge is -2.16. The van der Waals surface area contributed by atoms with Crippen LogP contribution in [0.3, 0.4) is 0 Å². The molecule has 0 spiro atoms. The molecule has 1 aromatic carbocycles. The number of carboxylic acid groups (broad SMARTS) is 1. The largest absolute Gasteiger partial charge is 0.481 e. The predicted molar refractivity (Wildman–Crippen MR) is 95.0 cm³/mol. The molecule has 6 nitrogen and oxygen atoms in total. The zero-order valence-electron chi connectivity index (χ0n) is 15.0. The molecular weight excluding hydrogens is 320 g/mol. The summed E-state index contributed by atoms with van der Waals surface area (Å²) in [5, 5.41) is 12.3. The van der Waals surface area contributed by atoms with Gasteiger partial charge in [-0.15, -0.1) is 0 Å². The van der Waals surface area contributed by atoms with Gasteiger partial charge in [0.15, 0.2) is 0 Å². The van der Waals surface area contributed by atoms with E-state index in [1.165, 1.54) is 0 Å². The monoisotopic (exact) mass is 348 g/mol. The Morgan fingerprint density at radius 2 is 1.92 bits per heavy atom. The van der Waals surface area contributed by atoms with Gasteiger partial charge in [-0.05, 0) is 25.8 Å². The number of likely N-dealkylation sites (tertiary alicyclic amines) is 1. The summed E-state index contributed by atoms with van der Waals surface area (Å²) >= 11 is 0. The second kappa shape index (κ2) is 9.53. The van der Waals surface area contributed by atoms with E-state index in [1.54, 1.807) is 0 Å². The molecule has 138 valence electrons. The Morgan fingerprint density at radius 1 is 1.24 bits per heavy atom. The minimum Gasteiger partial charge on any atom is -0.481 e. The Morgan fingerprint density at radius 3 is 2.56 bits per heavy atom. The van der Waals surface area contributed by atoms with Gasteiger partial charge in [0, 0.05) is 32.8 Å². The molecule has 0 radical (unpaired) electrons. The third-order valence-corrected chi connectivity index (χ3v) is 4.37. The average molecular weight is 348 g/mol. The van der Waals surface area contributed by atoms with Gasteiger partial charge in [0.1, 0.15) is 0 Å². The van der Waals surface area contributed by atoms with Crippen molar-refractivity contribution in [1.82, 2.24) is 10.2 Å². The van der Waals surface area contributed by atoms with Gasteiger partial charge in [0.2, 0.25) is 5.91 Å². The number of benzene rings is 1. The summed E-state index contributed by atoms with van der Waals surface area (Å²) in [6, 6.07) is 9.90. The molecule has 2 atom stereocenters. The van der Waals surface area contributed by atoms with Gasteiger partial charge in [-0.1, -0.05) is 30.3 Å². The van der Waals surface area contributed by atoms with Gasteiger partial charge in [-0.3, -0.25) is 14.5 Å². The number of carbonyl (C=O) groups excluding carboxylic acids is 1. The number of hydrogen-bond donors (Lipinski definition) is 2. The van der Waals surface area contributed by atoms with Crippen molar-refractivity contribution in [3.63, 3.8) is 0 Å². The van der Waals surface area contributed by atoms with E-state index in [2.05, 4.69) is 5.32 Å². The molecule has 1 saturated heterocycles. The highest BCUT2D eigenvalue weighted by Gasteiger charge is 2.41. The molecule has 0 saturated carbocycles. The molecule has 0 aromatic heterocycles. The molecule has 1 fully saturated rings. The molecule has 25 heavy (non-hydrogen) atoms. The van der Waals surface area contributed by atoms with E-state index in [0.717, 1.165) is 12.0 Å². The third-order valence-electron chi connectivity index (χ3n) is 4.37. The first-order valence-electron chi connectivity index (χ1n) is 8.85. The maximum Gasteiger partial charge on any atom is 0.308 e. The van der Waals surface area contributed by atoms with E-state index in [1.807, 2.05) is 49.1 Å². The standard InChI is InChI=1S/C19H28N2O4/c1-14(2)25-10-6-9-20-18(22)16-12-21(13-17(16)19(23)24)11-15-7-4-3-5-8-15/h3-5,7-8,14,16-17H,6,9-13H2,1-2H3,(H,20,22)(H,23,24)/t16-,17+/m0/s1. The molecule has 1 aliphatic rings. The fraction of sp³-hybridized carbons (Fsp3) is 0.579. The van der Waals surface area contributed by atoms with Crippen molar-refractivity contribution in [2.75, 3.05) is 26.2 Å². The van der Waals surface area contributed by atoms with E-state index >= 15 is 0 Å². The molecule has 1 aliphatic heterocycles. The van der Waals surface area contributed by atoms with Crippen molar-refractivity contribution >= 4 is 11.9 Å². The summed E-state index contributed by atoms with van der Waals surface area (Å²) in [6.45, 7) is 6.57. The van der Waals surface area contributed by atoms with Crippen LogP contribution >= 0.6 is 0 Å². The fourth-order valence-electron chi connectivity index (χ4n) is 3.11. The van der Waals surface area contributed by atoms with Crippen LogP contribution in [0.2, 0.25) is 0 Å². The number of aliphatic carboxylic acids is 1. The summed E-state index contributed by atoms with van der Waals surface area (Å²) in [7, 11) is 0. The Balaban J connectivity index is 1.84. The van der Waals surface area contributed by atoms with Crippen molar-refractivity contribution in [1.29, 1.82) is 0 Å². The number of hydrogen-bond acceptors (Lipinski definition) is 4. The minimum atomic E-state index is -0.904. The summed E-state index contributed by atoms with van der Waals surface area (Å²) in [4.78, 5) is 26.0. The van der Waals surface area contributed by atoms with E-state index in [4.69, 9.17) is 4.74 Å². The van der Waals surface area contributed by atoms with Crippen molar-refractivity contribution in [2.45, 2.75) is 32.9 Å². The quantitative estimate of drug-likeness (QED) is 0.665. The Labute approximate surface area is 149 Å². The number of ether oxygens (including phenoxy) is 1. The maximum absolute atomic E-state index is 12.4. The van der Waals surface area contributed by atoms with E-state index in [9.17, 15) is 14.7 Å². The van der Waals surface area contributed by atoms with Gasteiger partial charge < -0.3 is 15.2 Å². The SMILES string of the molecule is CC(C)OCCCNC(=O)[C@H]1CN(Cc2ccccc2)C[C@H]1C(=O)O. The van der Waals surface area contributed by atoms with Crippen LogP contribution in [0.15, 0.2) is 30.3 Å². The molecule has 0 unspecified atom stereocenters. The first kappa shape index (κ1) is 19.4. The summed E-state index contributed by atoms with van der Waals surface area (Å²) < 4.78 is 5.44. The Bertz CT molecular complexity index is 562. The zero-order valence-corrected chi connectivity index (χ0v) is 15.0. The molecule has 2 N–H and O–H groups in total. The second-order valence-electron chi connectivity index (χ2n) is 6.80. The Kier molecular flexibility index (Phi) is 7.40. The summed E-state index contributed by atoms with van der Waals surface area (Å²) in [6.07, 6.45) is 0.899. The number of carboxylic acids is 1. The fourth-order valence-corrected chi connectivity index (χ4v) is 3.11. The third kappa shape index (κ3) is 6.14. The molecule has 0 bridgehead atoms. The molecular formula is C19H28N2O4. The van der Waals surface area contributed by atoms with E-state index in [0.29, 0.717) is 32.8 Å². The molecule has 1 aromatic rings. The van der Waals surface area contributed by atoms with Crippen molar-refractivity contribution in [2.24, 2.45) is 11.8 Å². The van der Waals surface area contributed by atoms with Crippen molar-refractivity contribution < 1.29 is 19.4 Å². The van der Waals surface area contributed by atoms with Crippen molar-refractivity contribution in [3.05, 3.63) is 35.9 Å². The van der Waals surface area contributed by atoms with Crippen LogP contribution < -0.4 is 5.32 Å². The van der Waals surface area contributed by atoms with Gasteiger partial charge in [-0.2, -0.15) is 0 Å². The highest BCUT2D eigenvalue weighted by molar-refractivity contribution is 5.85. The number of nitrogens with one attached hydrogen (secondary N) is 1. The van der Waals surface area contributed by atoms with Crippen LogP contribution in [-0.4, -0.2) is 54.2 Å². The van der Waals surface area contributed by atoms with E-state index in [-0.39, 0.29) is 12.0 Å². The highest BCUT2D eigenvalue weighted by atomic mass is 16.5. The molecule has 1 heterocycles. The molecule has 6 heteroatoms. The number of nitrogens with zero attached hydrogens (tertiary/aromatic N) is 1. The summed E-state index contributed by atoms with van der Waals surface area (Å²) in [5.74, 6) is -2.24. The van der Waals surface area contributed by atoms with Gasteiger partial charge in [0.05, 0.1) is 17.9 Å². The lowest BCUT2D eigenvalue weighted by atomic mass is 9.95. The van der Waals surface area contributed by atoms with Crippen molar-refractivity contribution in [3.8, 4) is 0 Å². The molecule has 2 rings (SSSR count). The topological polar surface area (TPSA) is 78.9 Å². The van der Waals surface area contributed by atoms with E-state index < -0.39 is 17.8 Å². The van der Waals surface area contributed by atoms with Crippen LogP contribution in [0.25, 0.3) is 0 Å². The zero-order chi connectivity index (χ0) is 18.2. The normalized spacial score (nSPS) is 20.8. The molecule has 1 amide bonds. The average Bonchev–Trinajstić information content (AvgIpc) is 2.99. The van der Waals surface area contributed by atoms with Gasteiger partial charge in [-0.25, -0.2) is 0 Å². The summed E-state index contributed by atoms with van der Waals surface area (Å²) in [5.41, 5.74) is 1.12. The van der Waals surface area contributed by atoms with Crippen LogP contribution in [0.4, 0.5) is 0 Å². The predicted octanol–water partition coefficient (Wildman–Crippen LogP) is 1.75. The van der Waals surface area contributed by atoms with Crippen LogP contribution in [0.1, 0.15) is 25.8 Å². The lowest BCUT2D eigenvalue weighted by Crippen LogP contribution is -2.38. The lowest BCUT2D eigenvalue weighted by molar-refractivity contribution is -0.145. The van der Waals surface area contributed by atoms with Crippen LogP contribution in [0, 0.1) is 11.8 Å². The minimum absolute atomic E-state index is 0.174. The van der Waals surface area contributed by atoms with Gasteiger partial charge >= 0.3 is 5.97 Å². The first-order valence-corrected chi connectivity index (χ1v) is 8.85. The van der Waals surface area contributed by atoms with Crippen LogP contribution in [0.5, 0.6) is 0 Å².